The van der Waals surface area contributed by atoms with E-state index in [2.05, 4.69) is 63.4 Å². The highest BCUT2D eigenvalue weighted by atomic mass is 16.5. The van der Waals surface area contributed by atoms with Gasteiger partial charge in [0.25, 0.3) is 0 Å². The number of pyridine rings is 2. The summed E-state index contributed by atoms with van der Waals surface area (Å²) in [5.74, 6) is 0.733. The number of benzene rings is 1. The highest BCUT2D eigenvalue weighted by Gasteiger charge is 2.20. The zero-order valence-corrected chi connectivity index (χ0v) is 23.4. The van der Waals surface area contributed by atoms with Crippen LogP contribution in [0.4, 0.5) is 11.4 Å². The van der Waals surface area contributed by atoms with Gasteiger partial charge in [-0.1, -0.05) is 12.2 Å². The first-order chi connectivity index (χ1) is 19.5. The van der Waals surface area contributed by atoms with Gasteiger partial charge in [-0.2, -0.15) is 5.26 Å². The maximum Gasteiger partial charge on any atom is 0.138 e. The summed E-state index contributed by atoms with van der Waals surface area (Å²) < 4.78 is 5.99. The summed E-state index contributed by atoms with van der Waals surface area (Å²) in [6.45, 7) is 10.3. The lowest BCUT2D eigenvalue weighted by atomic mass is 10.0. The summed E-state index contributed by atoms with van der Waals surface area (Å²) >= 11 is 0. The van der Waals surface area contributed by atoms with Crippen molar-refractivity contribution < 1.29 is 4.74 Å². The number of aryl methyl sites for hydroxylation is 1. The Balaban J connectivity index is 1.22. The van der Waals surface area contributed by atoms with Gasteiger partial charge in [0, 0.05) is 65.6 Å². The second kappa shape index (κ2) is 12.8. The van der Waals surface area contributed by atoms with Gasteiger partial charge in [0.1, 0.15) is 18.4 Å². The quantitative estimate of drug-likeness (QED) is 0.218. The van der Waals surface area contributed by atoms with Crippen molar-refractivity contribution in [3.63, 3.8) is 0 Å². The number of nitrogens with one attached hydrogen (secondary N) is 3. The fourth-order valence-electron chi connectivity index (χ4n) is 5.22. The van der Waals surface area contributed by atoms with Crippen LogP contribution in [-0.2, 0) is 0 Å². The van der Waals surface area contributed by atoms with E-state index in [1.807, 2.05) is 36.5 Å². The van der Waals surface area contributed by atoms with Crippen molar-refractivity contribution in [1.82, 2.24) is 25.2 Å². The molecule has 1 aromatic carbocycles. The molecule has 40 heavy (non-hydrogen) atoms. The number of aromatic amines is 1. The Morgan fingerprint density at radius 2 is 1.95 bits per heavy atom. The van der Waals surface area contributed by atoms with Gasteiger partial charge in [-0.15, -0.1) is 0 Å². The van der Waals surface area contributed by atoms with Gasteiger partial charge in [0.05, 0.1) is 17.4 Å². The number of hydrogen-bond acceptors (Lipinski definition) is 7. The molecule has 3 N–H and O–H groups in total. The predicted octanol–water partition coefficient (Wildman–Crippen LogP) is 5.89. The topological polar surface area (TPSA) is 102 Å². The molecule has 0 amide bonds. The van der Waals surface area contributed by atoms with Crippen LogP contribution in [0.1, 0.15) is 48.9 Å². The number of H-pyrrole nitrogens is 1. The predicted molar refractivity (Wildman–Crippen MR) is 162 cm³/mol. The molecule has 8 nitrogen and oxygen atoms in total. The molecule has 1 aliphatic heterocycles. The van der Waals surface area contributed by atoms with Crippen LogP contribution < -0.4 is 15.4 Å². The Hall–Kier alpha value is -4.19. The number of hydrogen-bond donors (Lipinski definition) is 3. The molecular formula is C32H37N7O. The van der Waals surface area contributed by atoms with E-state index in [9.17, 15) is 5.26 Å². The molecule has 0 saturated carbocycles. The molecule has 0 atom stereocenters. The number of rotatable bonds is 10. The zero-order chi connectivity index (χ0) is 27.9. The van der Waals surface area contributed by atoms with E-state index in [0.717, 1.165) is 64.4 Å². The molecule has 0 bridgehead atoms. The Bertz CT molecular complexity index is 1510. The Morgan fingerprint density at radius 1 is 1.12 bits per heavy atom. The number of anilines is 2. The molecule has 4 heterocycles. The Labute approximate surface area is 236 Å². The monoisotopic (exact) mass is 535 g/mol. The third kappa shape index (κ3) is 6.50. The third-order valence-electron chi connectivity index (χ3n) is 7.61. The second-order valence-corrected chi connectivity index (χ2v) is 10.6. The summed E-state index contributed by atoms with van der Waals surface area (Å²) in [5, 5.41) is 18.0. The van der Waals surface area contributed by atoms with Gasteiger partial charge >= 0.3 is 0 Å². The number of piperidine rings is 1. The molecule has 0 unspecified atom stereocenters. The Morgan fingerprint density at radius 3 is 2.75 bits per heavy atom. The highest BCUT2D eigenvalue weighted by Crippen LogP contribution is 2.31. The molecule has 0 radical (unpaired) electrons. The number of ether oxygens (including phenoxy) is 1. The number of aromatic nitrogens is 3. The van der Waals surface area contributed by atoms with Crippen molar-refractivity contribution in [3.05, 3.63) is 77.5 Å². The fourth-order valence-corrected chi connectivity index (χ4v) is 5.22. The molecule has 4 aromatic rings. The molecule has 8 heteroatoms. The van der Waals surface area contributed by atoms with Crippen molar-refractivity contribution in [1.29, 1.82) is 5.26 Å². The van der Waals surface area contributed by atoms with E-state index in [-0.39, 0.29) is 0 Å². The maximum atomic E-state index is 9.78. The minimum atomic E-state index is 0.480. The molecule has 1 fully saturated rings. The largest absolute Gasteiger partial charge is 0.491 e. The normalized spacial score (nSPS) is 14.7. The molecule has 206 valence electrons. The average Bonchev–Trinajstić information content (AvgIpc) is 3.46. The number of nitriles is 1. The van der Waals surface area contributed by atoms with Gasteiger partial charge in [0.2, 0.25) is 0 Å². The molecule has 1 saturated heterocycles. The van der Waals surface area contributed by atoms with Crippen LogP contribution in [0.3, 0.4) is 0 Å². The second-order valence-electron chi connectivity index (χ2n) is 10.6. The molecular weight excluding hydrogens is 498 g/mol. The van der Waals surface area contributed by atoms with Crippen LogP contribution >= 0.6 is 0 Å². The summed E-state index contributed by atoms with van der Waals surface area (Å²) in [4.78, 5) is 14.4. The summed E-state index contributed by atoms with van der Waals surface area (Å²) in [6, 6.07) is 11.5. The van der Waals surface area contributed by atoms with Crippen LogP contribution in [0, 0.1) is 18.3 Å². The lowest BCUT2D eigenvalue weighted by Crippen LogP contribution is -2.45. The lowest BCUT2D eigenvalue weighted by Gasteiger charge is -2.35. The number of nitrogens with zero attached hydrogens (tertiary/aromatic N) is 4. The lowest BCUT2D eigenvalue weighted by molar-refractivity contribution is 0.158. The SMILES string of the molecule is Cc1c(Nc2c(C#N)cncc2/C=C/c2cncc(OCCNC3CCN(C(C)C)CC3)c2)ccc2[nH]ccc12. The van der Waals surface area contributed by atoms with Crippen LogP contribution in [-0.4, -0.2) is 58.2 Å². The first-order valence-corrected chi connectivity index (χ1v) is 14.0. The summed E-state index contributed by atoms with van der Waals surface area (Å²) in [5.41, 5.74) is 6.05. The van der Waals surface area contributed by atoms with E-state index < -0.39 is 0 Å². The smallest absolute Gasteiger partial charge is 0.138 e. The van der Waals surface area contributed by atoms with Gasteiger partial charge in [-0.25, -0.2) is 0 Å². The van der Waals surface area contributed by atoms with Crippen molar-refractivity contribution in [3.8, 4) is 11.8 Å². The Kier molecular flexibility index (Phi) is 8.74. The maximum absolute atomic E-state index is 9.78. The van der Waals surface area contributed by atoms with Crippen molar-refractivity contribution >= 4 is 34.4 Å². The van der Waals surface area contributed by atoms with Gasteiger partial charge < -0.3 is 25.3 Å². The van der Waals surface area contributed by atoms with Crippen LogP contribution in [0.5, 0.6) is 5.75 Å². The molecule has 0 aliphatic carbocycles. The summed E-state index contributed by atoms with van der Waals surface area (Å²) in [6.07, 6.45) is 15.1. The number of likely N-dealkylation sites (tertiary alicyclic amines) is 1. The van der Waals surface area contributed by atoms with Gasteiger partial charge in [0.15, 0.2) is 0 Å². The van der Waals surface area contributed by atoms with Gasteiger partial charge in [-0.05, 0) is 82.1 Å². The van der Waals surface area contributed by atoms with Crippen LogP contribution in [0.15, 0.2) is 55.2 Å². The van der Waals surface area contributed by atoms with E-state index in [0.29, 0.717) is 24.3 Å². The molecule has 3 aromatic heterocycles. The standard InChI is InChI=1S/C32H37N7O/c1-22(2)39-13-9-27(10-14-39)36-12-15-40-28-16-24(18-34-21-28)4-5-25-19-35-20-26(17-33)32(25)38-30-6-7-31-29(23(30)3)8-11-37-31/h4-8,11,16,18-22,27,36-37H,9-10,12-15H2,1-3H3,(H,35,38)/b5-4+. The fraction of sp³-hybridized carbons (Fsp3) is 0.344. The first-order valence-electron chi connectivity index (χ1n) is 14.0. The average molecular weight is 536 g/mol. The third-order valence-corrected chi connectivity index (χ3v) is 7.61. The van der Waals surface area contributed by atoms with Crippen molar-refractivity contribution in [2.75, 3.05) is 31.6 Å². The molecule has 5 rings (SSSR count). The van der Waals surface area contributed by atoms with Gasteiger partial charge in [-0.3, -0.25) is 9.97 Å². The molecule has 0 spiro atoms. The van der Waals surface area contributed by atoms with Crippen LogP contribution in [0.2, 0.25) is 0 Å². The zero-order valence-electron chi connectivity index (χ0n) is 23.4. The minimum Gasteiger partial charge on any atom is -0.491 e. The first kappa shape index (κ1) is 27.4. The highest BCUT2D eigenvalue weighted by molar-refractivity contribution is 5.90. The van der Waals surface area contributed by atoms with Crippen molar-refractivity contribution in [2.24, 2.45) is 0 Å². The van der Waals surface area contributed by atoms with Crippen LogP contribution in [0.25, 0.3) is 23.1 Å². The molecule has 1 aliphatic rings. The van der Waals surface area contributed by atoms with E-state index in [1.54, 1.807) is 24.8 Å². The number of fused-ring (bicyclic) bond motifs is 1. The van der Waals surface area contributed by atoms with E-state index in [4.69, 9.17) is 4.74 Å². The van der Waals surface area contributed by atoms with E-state index >= 15 is 0 Å². The van der Waals surface area contributed by atoms with E-state index in [1.165, 1.54) is 12.8 Å². The van der Waals surface area contributed by atoms with Crippen molar-refractivity contribution in [2.45, 2.75) is 45.7 Å². The summed E-state index contributed by atoms with van der Waals surface area (Å²) in [7, 11) is 0. The minimum absolute atomic E-state index is 0.480.